The fourth-order valence-electron chi connectivity index (χ4n) is 4.70. The van der Waals surface area contributed by atoms with Gasteiger partial charge in [-0.1, -0.05) is 26.2 Å². The van der Waals surface area contributed by atoms with E-state index in [2.05, 4.69) is 37.1 Å². The molecule has 1 aromatic rings. The second-order valence-corrected chi connectivity index (χ2v) is 9.63. The molecule has 0 unspecified atom stereocenters. The van der Waals surface area contributed by atoms with Gasteiger partial charge in [-0.3, -0.25) is 9.59 Å². The molecule has 1 aromatic carbocycles. The summed E-state index contributed by atoms with van der Waals surface area (Å²) in [6, 6.07) is 4.83. The Hall–Kier alpha value is -1.95. The summed E-state index contributed by atoms with van der Waals surface area (Å²) in [5.41, 5.74) is 4.73. The first-order chi connectivity index (χ1) is 15.2. The van der Waals surface area contributed by atoms with Crippen LogP contribution in [-0.4, -0.2) is 56.1 Å². The summed E-state index contributed by atoms with van der Waals surface area (Å²) >= 11 is 1.52. The van der Waals surface area contributed by atoms with E-state index in [0.29, 0.717) is 17.2 Å². The molecule has 32 heavy (non-hydrogen) atoms. The van der Waals surface area contributed by atoms with Gasteiger partial charge < -0.3 is 15.1 Å². The highest BCUT2D eigenvalue weighted by atomic mass is 32.2. The number of benzene rings is 1. The number of nitrogens with zero attached hydrogens (tertiary/aromatic N) is 2. The Morgan fingerprint density at radius 3 is 2.28 bits per heavy atom. The van der Waals surface area contributed by atoms with E-state index in [-0.39, 0.29) is 18.2 Å². The number of nitrogens with one attached hydrogen (secondary N) is 1. The predicted octanol–water partition coefficient (Wildman–Crippen LogP) is 5.17. The molecule has 1 N–H and O–H groups in total. The smallest absolute Gasteiger partial charge is 0.251 e. The molecule has 0 heterocycles. The van der Waals surface area contributed by atoms with Crippen molar-refractivity contribution >= 4 is 29.1 Å². The first kappa shape index (κ1) is 26.3. The molecule has 1 aliphatic rings. The van der Waals surface area contributed by atoms with E-state index in [1.165, 1.54) is 55.1 Å². The van der Waals surface area contributed by atoms with Gasteiger partial charge in [-0.15, -0.1) is 11.8 Å². The van der Waals surface area contributed by atoms with Crippen molar-refractivity contribution in [2.24, 2.45) is 0 Å². The molecule has 0 atom stereocenters. The van der Waals surface area contributed by atoms with Gasteiger partial charge in [0.2, 0.25) is 0 Å². The molecule has 0 aliphatic heterocycles. The van der Waals surface area contributed by atoms with Crippen LogP contribution in [0.2, 0.25) is 0 Å². The van der Waals surface area contributed by atoms with Gasteiger partial charge in [0.25, 0.3) is 5.91 Å². The van der Waals surface area contributed by atoms with Gasteiger partial charge in [-0.2, -0.15) is 0 Å². The van der Waals surface area contributed by atoms with E-state index >= 15 is 0 Å². The standard InChI is InChI=1S/C26H41N3O2S/c1-8-20-15-22(25(31)27-17-23(19(4)30)26(32-7)28(5)6)18(3)24(16-20)29(9-2)21-13-11-10-12-14-21/h15-16,21H,8-14,17H2,1-7H3,(H,27,31)/b26-23+. The molecule has 1 amide bonds. The molecule has 6 heteroatoms. The van der Waals surface area contributed by atoms with Gasteiger partial charge in [0.1, 0.15) is 0 Å². The number of anilines is 1. The monoisotopic (exact) mass is 459 g/mol. The molecule has 0 saturated heterocycles. The highest BCUT2D eigenvalue weighted by molar-refractivity contribution is 8.02. The van der Waals surface area contributed by atoms with E-state index in [1.807, 2.05) is 31.3 Å². The molecule has 5 nitrogen and oxygen atoms in total. The third-order valence-corrected chi connectivity index (χ3v) is 7.47. The van der Waals surface area contributed by atoms with Gasteiger partial charge >= 0.3 is 0 Å². The lowest BCUT2D eigenvalue weighted by Crippen LogP contribution is -2.37. The van der Waals surface area contributed by atoms with E-state index in [9.17, 15) is 9.59 Å². The number of thioether (sulfide) groups is 1. The van der Waals surface area contributed by atoms with Crippen molar-refractivity contribution in [3.63, 3.8) is 0 Å². The van der Waals surface area contributed by atoms with Crippen molar-refractivity contribution < 1.29 is 9.59 Å². The number of hydrogen-bond donors (Lipinski definition) is 1. The Balaban J connectivity index is 2.37. The first-order valence-corrected chi connectivity index (χ1v) is 13.1. The van der Waals surface area contributed by atoms with Crippen LogP contribution in [0.1, 0.15) is 74.4 Å². The van der Waals surface area contributed by atoms with Crippen LogP contribution in [-0.2, 0) is 11.2 Å². The summed E-state index contributed by atoms with van der Waals surface area (Å²) in [6.45, 7) is 9.13. The Morgan fingerprint density at radius 1 is 1.12 bits per heavy atom. The van der Waals surface area contributed by atoms with Crippen LogP contribution < -0.4 is 10.2 Å². The highest BCUT2D eigenvalue weighted by Gasteiger charge is 2.24. The first-order valence-electron chi connectivity index (χ1n) is 11.9. The lowest BCUT2D eigenvalue weighted by molar-refractivity contribution is -0.113. The predicted molar refractivity (Wildman–Crippen MR) is 138 cm³/mol. The topological polar surface area (TPSA) is 52.7 Å². The number of carbonyl (C=O) groups is 2. The molecule has 0 aromatic heterocycles. The van der Waals surface area contributed by atoms with E-state index < -0.39 is 0 Å². The van der Waals surface area contributed by atoms with E-state index in [1.54, 1.807) is 6.92 Å². The maximum Gasteiger partial charge on any atom is 0.251 e. The van der Waals surface area contributed by atoms with Gasteiger partial charge in [0.15, 0.2) is 5.78 Å². The molecule has 0 radical (unpaired) electrons. The molecule has 1 saturated carbocycles. The van der Waals surface area contributed by atoms with E-state index in [0.717, 1.165) is 23.6 Å². The molecule has 1 aliphatic carbocycles. The molecular weight excluding hydrogens is 418 g/mol. The third kappa shape index (κ3) is 6.31. The lowest BCUT2D eigenvalue weighted by Gasteiger charge is -2.37. The van der Waals surface area contributed by atoms with Gasteiger partial charge in [0, 0.05) is 50.1 Å². The zero-order valence-corrected chi connectivity index (χ0v) is 21.8. The average Bonchev–Trinajstić information content (AvgIpc) is 2.78. The van der Waals surface area contributed by atoms with Crippen LogP contribution in [0.3, 0.4) is 0 Å². The molecule has 0 spiro atoms. The summed E-state index contributed by atoms with van der Waals surface area (Å²) in [5, 5.41) is 3.91. The maximum absolute atomic E-state index is 13.3. The summed E-state index contributed by atoms with van der Waals surface area (Å²) < 4.78 is 0. The Bertz CT molecular complexity index is 842. The quantitative estimate of drug-likeness (QED) is 0.489. The number of Topliss-reactive ketones (excluding diaryl/α,β-unsaturated/α-hetero) is 1. The van der Waals surface area contributed by atoms with Crippen LogP contribution >= 0.6 is 11.8 Å². The molecule has 2 rings (SSSR count). The minimum Gasteiger partial charge on any atom is -0.372 e. The second-order valence-electron chi connectivity index (χ2n) is 8.84. The summed E-state index contributed by atoms with van der Waals surface area (Å²) in [7, 11) is 3.84. The molecule has 0 bridgehead atoms. The van der Waals surface area contributed by atoms with Gasteiger partial charge in [-0.25, -0.2) is 0 Å². The Morgan fingerprint density at radius 2 is 1.78 bits per heavy atom. The number of ketones is 1. The van der Waals surface area contributed by atoms with Gasteiger partial charge in [0.05, 0.1) is 5.03 Å². The Kier molecular flexibility index (Phi) is 10.1. The summed E-state index contributed by atoms with van der Waals surface area (Å²) in [6.07, 6.45) is 9.17. The fourth-order valence-corrected chi connectivity index (χ4v) is 5.53. The van der Waals surface area contributed by atoms with Crippen LogP contribution in [0.5, 0.6) is 0 Å². The number of aryl methyl sites for hydroxylation is 1. The number of carbonyl (C=O) groups excluding carboxylic acids is 2. The summed E-state index contributed by atoms with van der Waals surface area (Å²) in [5.74, 6) is -0.130. The normalized spacial score (nSPS) is 15.2. The zero-order chi connectivity index (χ0) is 23.8. The minimum absolute atomic E-state index is 0.0162. The van der Waals surface area contributed by atoms with Crippen molar-refractivity contribution in [1.82, 2.24) is 10.2 Å². The van der Waals surface area contributed by atoms with Crippen LogP contribution in [0, 0.1) is 6.92 Å². The average molecular weight is 460 g/mol. The number of rotatable bonds is 10. The largest absolute Gasteiger partial charge is 0.372 e. The van der Waals surface area contributed by atoms with Crippen LogP contribution in [0.25, 0.3) is 0 Å². The zero-order valence-electron chi connectivity index (χ0n) is 21.0. The number of amides is 1. The fraction of sp³-hybridized carbons (Fsp3) is 0.615. The van der Waals surface area contributed by atoms with Crippen LogP contribution in [0.15, 0.2) is 22.7 Å². The molecule has 1 fully saturated rings. The van der Waals surface area contributed by atoms with Crippen molar-refractivity contribution in [1.29, 1.82) is 0 Å². The van der Waals surface area contributed by atoms with Crippen molar-refractivity contribution in [3.05, 3.63) is 39.4 Å². The SMILES string of the molecule is CCc1cc(C(=O)NC/C(C(C)=O)=C(\SC)N(C)C)c(C)c(N(CC)C2CCCCC2)c1. The molecular formula is C26H41N3O2S. The van der Waals surface area contributed by atoms with Crippen LogP contribution in [0.4, 0.5) is 5.69 Å². The minimum atomic E-state index is -0.114. The van der Waals surface area contributed by atoms with Crippen molar-refractivity contribution in [2.75, 3.05) is 38.3 Å². The number of hydrogen-bond acceptors (Lipinski definition) is 5. The van der Waals surface area contributed by atoms with Crippen molar-refractivity contribution in [2.45, 2.75) is 72.3 Å². The van der Waals surface area contributed by atoms with Crippen molar-refractivity contribution in [3.8, 4) is 0 Å². The Labute approximate surface area is 199 Å². The van der Waals surface area contributed by atoms with Gasteiger partial charge in [-0.05, 0) is 69.5 Å². The lowest BCUT2D eigenvalue weighted by atomic mass is 9.92. The highest BCUT2D eigenvalue weighted by Crippen LogP contribution is 2.32. The maximum atomic E-state index is 13.3. The molecule has 178 valence electrons. The third-order valence-electron chi connectivity index (χ3n) is 6.47. The van der Waals surface area contributed by atoms with E-state index in [4.69, 9.17) is 0 Å². The second kappa shape index (κ2) is 12.3. The summed E-state index contributed by atoms with van der Waals surface area (Å²) in [4.78, 5) is 30.0.